The number of nitrogens with zero attached hydrogens (tertiary/aromatic N) is 1. The molecule has 0 aromatic heterocycles. The van der Waals surface area contributed by atoms with Gasteiger partial charge in [-0.25, -0.2) is 0 Å². The molecular weight excluding hydrogens is 254 g/mol. The van der Waals surface area contributed by atoms with Crippen LogP contribution in [0.5, 0.6) is 5.75 Å². The minimum atomic E-state index is -0.813. The summed E-state index contributed by atoms with van der Waals surface area (Å²) in [5.41, 5.74) is 2.06. The maximum absolute atomic E-state index is 10.9. The van der Waals surface area contributed by atoms with Gasteiger partial charge in [-0.3, -0.25) is 9.69 Å². The Morgan fingerprint density at radius 2 is 1.95 bits per heavy atom. The lowest BCUT2D eigenvalue weighted by Crippen LogP contribution is -2.46. The topological polar surface area (TPSA) is 49.8 Å². The van der Waals surface area contributed by atoms with Crippen LogP contribution in [0.4, 0.5) is 0 Å². The van der Waals surface area contributed by atoms with Crippen LogP contribution in [-0.4, -0.2) is 41.2 Å². The smallest absolute Gasteiger partial charge is 0.317 e. The molecule has 112 valence electrons. The van der Waals surface area contributed by atoms with Gasteiger partial charge >= 0.3 is 5.97 Å². The molecule has 0 saturated heterocycles. The molecule has 20 heavy (non-hydrogen) atoms. The van der Waals surface area contributed by atoms with E-state index in [1.807, 2.05) is 57.7 Å². The lowest BCUT2D eigenvalue weighted by Gasteiger charge is -2.34. The van der Waals surface area contributed by atoms with Gasteiger partial charge in [-0.05, 0) is 51.8 Å². The predicted octanol–water partition coefficient (Wildman–Crippen LogP) is 2.87. The standard InChI is InChI=1S/C16H25NO3/c1-12-6-7-13(2)14(10-12)20-9-8-17(11-15(18)19)16(3,4)5/h6-7,10H,8-9,11H2,1-5H3,(H,18,19). The molecule has 0 atom stereocenters. The molecule has 0 saturated carbocycles. The maximum atomic E-state index is 10.9. The van der Waals surface area contributed by atoms with Crippen molar-refractivity contribution < 1.29 is 14.6 Å². The fourth-order valence-corrected chi connectivity index (χ4v) is 1.94. The molecule has 0 spiro atoms. The van der Waals surface area contributed by atoms with Gasteiger partial charge < -0.3 is 9.84 Å². The third kappa shape index (κ3) is 5.21. The van der Waals surface area contributed by atoms with Crippen LogP contribution in [0.2, 0.25) is 0 Å². The van der Waals surface area contributed by atoms with E-state index in [0.29, 0.717) is 13.2 Å². The van der Waals surface area contributed by atoms with E-state index in [4.69, 9.17) is 9.84 Å². The predicted molar refractivity (Wildman–Crippen MR) is 80.4 cm³/mol. The Bertz CT molecular complexity index is 463. The van der Waals surface area contributed by atoms with Gasteiger partial charge in [-0.1, -0.05) is 12.1 Å². The van der Waals surface area contributed by atoms with Gasteiger partial charge in [0, 0.05) is 12.1 Å². The second kappa shape index (κ2) is 6.75. The summed E-state index contributed by atoms with van der Waals surface area (Å²) >= 11 is 0. The van der Waals surface area contributed by atoms with E-state index in [0.717, 1.165) is 16.9 Å². The first-order valence-corrected chi connectivity index (χ1v) is 6.87. The third-order valence-corrected chi connectivity index (χ3v) is 3.24. The van der Waals surface area contributed by atoms with E-state index in [-0.39, 0.29) is 12.1 Å². The molecule has 1 rings (SSSR count). The Kier molecular flexibility index (Phi) is 5.57. The van der Waals surface area contributed by atoms with Crippen molar-refractivity contribution in [3.8, 4) is 5.75 Å². The highest BCUT2D eigenvalue weighted by Crippen LogP contribution is 2.19. The molecule has 0 unspecified atom stereocenters. The molecular formula is C16H25NO3. The van der Waals surface area contributed by atoms with Gasteiger partial charge in [0.05, 0.1) is 6.54 Å². The molecule has 4 heteroatoms. The molecule has 0 aliphatic carbocycles. The Hall–Kier alpha value is -1.55. The second-order valence-electron chi connectivity index (χ2n) is 6.10. The van der Waals surface area contributed by atoms with Gasteiger partial charge in [0.15, 0.2) is 0 Å². The van der Waals surface area contributed by atoms with Crippen LogP contribution in [0.1, 0.15) is 31.9 Å². The first kappa shape index (κ1) is 16.5. The zero-order chi connectivity index (χ0) is 15.3. The minimum absolute atomic E-state index is 0.0274. The van der Waals surface area contributed by atoms with E-state index in [1.165, 1.54) is 0 Å². The van der Waals surface area contributed by atoms with E-state index in [9.17, 15) is 4.79 Å². The molecule has 0 heterocycles. The average molecular weight is 279 g/mol. The summed E-state index contributed by atoms with van der Waals surface area (Å²) in [7, 11) is 0. The summed E-state index contributed by atoms with van der Waals surface area (Å²) in [6, 6.07) is 6.09. The second-order valence-corrected chi connectivity index (χ2v) is 6.10. The molecule has 0 radical (unpaired) electrons. The van der Waals surface area contributed by atoms with Gasteiger partial charge in [-0.2, -0.15) is 0 Å². The summed E-state index contributed by atoms with van der Waals surface area (Å²) in [5.74, 6) is 0.0563. The average Bonchev–Trinajstić information content (AvgIpc) is 2.30. The molecule has 0 fully saturated rings. The molecule has 0 amide bonds. The molecule has 1 aromatic carbocycles. The highest BCUT2D eigenvalue weighted by atomic mass is 16.5. The van der Waals surface area contributed by atoms with Crippen molar-refractivity contribution in [1.29, 1.82) is 0 Å². The number of aliphatic carboxylic acids is 1. The first-order chi connectivity index (χ1) is 9.20. The molecule has 4 nitrogen and oxygen atoms in total. The van der Waals surface area contributed by atoms with Gasteiger partial charge in [0.2, 0.25) is 0 Å². The van der Waals surface area contributed by atoms with Crippen LogP contribution in [-0.2, 0) is 4.79 Å². The van der Waals surface area contributed by atoms with Crippen LogP contribution >= 0.6 is 0 Å². The molecule has 0 aliphatic heterocycles. The highest BCUT2D eigenvalue weighted by Gasteiger charge is 2.23. The van der Waals surface area contributed by atoms with Crippen molar-refractivity contribution in [2.45, 2.75) is 40.2 Å². The summed E-state index contributed by atoms with van der Waals surface area (Å²) in [5, 5.41) is 8.96. The molecule has 0 bridgehead atoms. The van der Waals surface area contributed by atoms with Crippen molar-refractivity contribution in [3.05, 3.63) is 29.3 Å². The Morgan fingerprint density at radius 1 is 1.30 bits per heavy atom. The van der Waals surface area contributed by atoms with Crippen molar-refractivity contribution in [3.63, 3.8) is 0 Å². The Morgan fingerprint density at radius 3 is 2.50 bits per heavy atom. The van der Waals surface area contributed by atoms with Crippen LogP contribution in [0.15, 0.2) is 18.2 Å². The van der Waals surface area contributed by atoms with E-state index < -0.39 is 5.97 Å². The number of hydrogen-bond donors (Lipinski definition) is 1. The first-order valence-electron chi connectivity index (χ1n) is 6.87. The van der Waals surface area contributed by atoms with Crippen LogP contribution in [0.25, 0.3) is 0 Å². The van der Waals surface area contributed by atoms with E-state index >= 15 is 0 Å². The van der Waals surface area contributed by atoms with Gasteiger partial charge in [0.1, 0.15) is 12.4 Å². The Labute approximate surface area is 121 Å². The Balaban J connectivity index is 2.60. The molecule has 1 N–H and O–H groups in total. The lowest BCUT2D eigenvalue weighted by molar-refractivity contribution is -0.139. The van der Waals surface area contributed by atoms with Crippen molar-refractivity contribution in [1.82, 2.24) is 4.90 Å². The SMILES string of the molecule is Cc1ccc(C)c(OCCN(CC(=O)O)C(C)(C)C)c1. The maximum Gasteiger partial charge on any atom is 0.317 e. The number of ether oxygens (including phenoxy) is 1. The van der Waals surface area contributed by atoms with Crippen LogP contribution in [0.3, 0.4) is 0 Å². The third-order valence-electron chi connectivity index (χ3n) is 3.24. The fourth-order valence-electron chi connectivity index (χ4n) is 1.94. The zero-order valence-corrected chi connectivity index (χ0v) is 13.1. The number of carboxylic acid groups (broad SMARTS) is 1. The van der Waals surface area contributed by atoms with Crippen molar-refractivity contribution in [2.24, 2.45) is 0 Å². The van der Waals surface area contributed by atoms with Crippen LogP contribution in [0, 0.1) is 13.8 Å². The number of rotatable bonds is 6. The number of benzene rings is 1. The van der Waals surface area contributed by atoms with E-state index in [1.54, 1.807) is 0 Å². The van der Waals surface area contributed by atoms with Crippen molar-refractivity contribution in [2.75, 3.05) is 19.7 Å². The zero-order valence-electron chi connectivity index (χ0n) is 13.1. The van der Waals surface area contributed by atoms with Gasteiger partial charge in [0.25, 0.3) is 0 Å². The number of carboxylic acids is 1. The lowest BCUT2D eigenvalue weighted by atomic mass is 10.1. The quantitative estimate of drug-likeness (QED) is 0.870. The largest absolute Gasteiger partial charge is 0.492 e. The molecule has 1 aromatic rings. The van der Waals surface area contributed by atoms with E-state index in [2.05, 4.69) is 0 Å². The summed E-state index contributed by atoms with van der Waals surface area (Å²) in [6.07, 6.45) is 0. The monoisotopic (exact) mass is 279 g/mol. The van der Waals surface area contributed by atoms with Crippen LogP contribution < -0.4 is 4.74 Å². The number of aryl methyl sites for hydroxylation is 2. The fraction of sp³-hybridized carbons (Fsp3) is 0.562. The van der Waals surface area contributed by atoms with Gasteiger partial charge in [-0.15, -0.1) is 0 Å². The summed E-state index contributed by atoms with van der Waals surface area (Å²) < 4.78 is 5.79. The number of hydrogen-bond acceptors (Lipinski definition) is 3. The highest BCUT2D eigenvalue weighted by molar-refractivity contribution is 5.69. The van der Waals surface area contributed by atoms with Crippen molar-refractivity contribution >= 4 is 5.97 Å². The summed E-state index contributed by atoms with van der Waals surface area (Å²) in [4.78, 5) is 12.8. The normalized spacial score (nSPS) is 11.7. The number of carbonyl (C=O) groups is 1. The summed E-state index contributed by atoms with van der Waals surface area (Å²) in [6.45, 7) is 11.2. The molecule has 0 aliphatic rings. The minimum Gasteiger partial charge on any atom is -0.492 e.